The van der Waals surface area contributed by atoms with Gasteiger partial charge >= 0.3 is 11.9 Å². The number of carbonyl (C=O) groups is 2. The molecule has 14 nitrogen and oxygen atoms in total. The number of ether oxygens (including phenoxy) is 9. The van der Waals surface area contributed by atoms with Crippen LogP contribution in [0.2, 0.25) is 0 Å². The van der Waals surface area contributed by atoms with E-state index in [0.29, 0.717) is 47.7 Å². The van der Waals surface area contributed by atoms with E-state index in [1.54, 1.807) is 12.1 Å². The molecule has 14 heteroatoms. The Hall–Kier alpha value is -2.66. The van der Waals surface area contributed by atoms with Gasteiger partial charge in [0.15, 0.2) is 30.6 Å². The van der Waals surface area contributed by atoms with Gasteiger partial charge in [-0.3, -0.25) is 4.79 Å². The summed E-state index contributed by atoms with van der Waals surface area (Å²) in [5.74, 6) is 1.96. The molecule has 9 rings (SSSR count). The number of benzene rings is 1. The fourth-order valence-electron chi connectivity index (χ4n) is 13.4. The van der Waals surface area contributed by atoms with Gasteiger partial charge in [0.1, 0.15) is 30.2 Å². The maximum Gasteiger partial charge on any atom is 0.338 e. The molecule has 1 aromatic rings. The second-order valence-corrected chi connectivity index (χ2v) is 20.1. The lowest BCUT2D eigenvalue weighted by molar-refractivity contribution is -0.339. The van der Waals surface area contributed by atoms with E-state index in [4.69, 9.17) is 42.6 Å². The molecule has 0 radical (unpaired) electrons. The van der Waals surface area contributed by atoms with Gasteiger partial charge in [0.25, 0.3) is 0 Å². The van der Waals surface area contributed by atoms with Crippen LogP contribution in [0.1, 0.15) is 103 Å². The molecule has 4 aliphatic heterocycles. The summed E-state index contributed by atoms with van der Waals surface area (Å²) in [6.45, 7) is 11.2. The van der Waals surface area contributed by atoms with Gasteiger partial charge in [-0.15, -0.1) is 0 Å². The zero-order valence-corrected chi connectivity index (χ0v) is 36.4. The molecule has 7 fully saturated rings. The maximum absolute atomic E-state index is 13.2. The summed E-state index contributed by atoms with van der Waals surface area (Å²) in [5.41, 5.74) is 1.86. The molecule has 1 spiro atoms. The molecule has 3 N–H and O–H groups in total. The van der Waals surface area contributed by atoms with Crippen molar-refractivity contribution >= 4 is 11.9 Å². The third kappa shape index (κ3) is 7.67. The van der Waals surface area contributed by atoms with Crippen LogP contribution in [0.5, 0.6) is 5.75 Å². The molecule has 0 aromatic heterocycles. The summed E-state index contributed by atoms with van der Waals surface area (Å²) in [6.07, 6.45) is 0.917. The average molecular weight is 855 g/mol. The van der Waals surface area contributed by atoms with E-state index in [1.807, 2.05) is 0 Å². The first-order valence-corrected chi connectivity index (χ1v) is 22.8. The number of methoxy groups -OCH3 is 1. The summed E-state index contributed by atoms with van der Waals surface area (Å²) >= 11 is 0. The summed E-state index contributed by atoms with van der Waals surface area (Å²) < 4.78 is 54.8. The molecule has 0 bridgehead atoms. The Balaban J connectivity index is 0.874. The van der Waals surface area contributed by atoms with Gasteiger partial charge in [-0.25, -0.2) is 4.79 Å². The lowest BCUT2D eigenvalue weighted by atomic mass is 9.47. The molecular weight excluding hydrogens is 789 g/mol. The zero-order valence-electron chi connectivity index (χ0n) is 36.4. The highest BCUT2D eigenvalue weighted by atomic mass is 16.8. The molecule has 19 atom stereocenters. The molecule has 4 saturated heterocycles. The summed E-state index contributed by atoms with van der Waals surface area (Å²) in [6, 6.07) is 6.18. The molecule has 1 aromatic carbocycles. The Bertz CT molecular complexity index is 1790. The van der Waals surface area contributed by atoms with Crippen LogP contribution in [0.15, 0.2) is 35.9 Å². The minimum Gasteiger partial charge on any atom is -0.497 e. The normalized spacial score (nSPS) is 47.9. The van der Waals surface area contributed by atoms with Gasteiger partial charge in [0.2, 0.25) is 0 Å². The van der Waals surface area contributed by atoms with Gasteiger partial charge in [-0.1, -0.05) is 39.3 Å². The van der Waals surface area contributed by atoms with Crippen molar-refractivity contribution in [1.82, 2.24) is 0 Å². The van der Waals surface area contributed by atoms with Crippen molar-refractivity contribution in [3.8, 4) is 5.75 Å². The number of aliphatic hydroxyl groups is 3. The number of allylic oxidation sites excluding steroid dienone is 1. The number of aliphatic hydroxyl groups excluding tert-OH is 3. The number of hydrogen-bond acceptors (Lipinski definition) is 14. The zero-order chi connectivity index (χ0) is 43.0. The van der Waals surface area contributed by atoms with Crippen LogP contribution in [0.25, 0.3) is 0 Å². The molecular formula is C47H66O14. The van der Waals surface area contributed by atoms with Gasteiger partial charge < -0.3 is 58.0 Å². The van der Waals surface area contributed by atoms with Crippen LogP contribution < -0.4 is 4.74 Å². The van der Waals surface area contributed by atoms with Crippen LogP contribution in [0.3, 0.4) is 0 Å². The number of hydrogen-bond donors (Lipinski definition) is 3. The van der Waals surface area contributed by atoms with E-state index in [1.165, 1.54) is 44.6 Å². The number of carbonyl (C=O) groups excluding carboxylic acids is 2. The maximum atomic E-state index is 13.2. The highest BCUT2D eigenvalue weighted by molar-refractivity contribution is 5.89. The second-order valence-electron chi connectivity index (χ2n) is 20.1. The second kappa shape index (κ2) is 16.7. The van der Waals surface area contributed by atoms with E-state index in [9.17, 15) is 24.9 Å². The number of rotatable bonds is 8. The Labute approximate surface area is 358 Å². The number of esters is 2. The van der Waals surface area contributed by atoms with Crippen molar-refractivity contribution in [1.29, 1.82) is 0 Å². The van der Waals surface area contributed by atoms with Crippen LogP contribution in [-0.4, -0.2) is 121 Å². The molecule has 0 amide bonds. The Morgan fingerprint density at radius 3 is 2.26 bits per heavy atom. The van der Waals surface area contributed by atoms with Crippen molar-refractivity contribution in [3.63, 3.8) is 0 Å². The Kier molecular flexibility index (Phi) is 11.9. The molecule has 8 aliphatic rings. The van der Waals surface area contributed by atoms with Crippen LogP contribution in [0.4, 0.5) is 0 Å². The molecule has 338 valence electrons. The molecule has 3 saturated carbocycles. The van der Waals surface area contributed by atoms with Crippen molar-refractivity contribution in [2.24, 2.45) is 46.3 Å². The lowest BCUT2D eigenvalue weighted by Gasteiger charge is -2.58. The van der Waals surface area contributed by atoms with E-state index in [2.05, 4.69) is 33.8 Å². The SMILES string of the molecule is COc1ccc(C(=O)O[C@H]2[C@H](O[C@@H]3[C@@H](OC(C)=O)[C@H](O[C@H]4CC[C@@]5(C)C(=CCC6C7CC8OC9(CC[C@@H](C)CO9)[C@@H](C)C8[C@@]7(C)CCC65)C4)OC[C@@H]3O)OC[C@@H](O)[C@@H]2O)cc1. The predicted molar refractivity (Wildman–Crippen MR) is 217 cm³/mol. The summed E-state index contributed by atoms with van der Waals surface area (Å²) in [7, 11) is 1.50. The van der Waals surface area contributed by atoms with Gasteiger partial charge in [-0.05, 0) is 116 Å². The van der Waals surface area contributed by atoms with Crippen molar-refractivity contribution in [2.75, 3.05) is 26.9 Å². The molecule has 61 heavy (non-hydrogen) atoms. The van der Waals surface area contributed by atoms with Crippen LogP contribution in [-0.2, 0) is 42.7 Å². The largest absolute Gasteiger partial charge is 0.497 e. The highest BCUT2D eigenvalue weighted by Crippen LogP contribution is 2.70. The van der Waals surface area contributed by atoms with Crippen molar-refractivity contribution < 1.29 is 67.5 Å². The van der Waals surface area contributed by atoms with E-state index < -0.39 is 66.9 Å². The van der Waals surface area contributed by atoms with Crippen molar-refractivity contribution in [3.05, 3.63) is 41.5 Å². The summed E-state index contributed by atoms with van der Waals surface area (Å²) in [5, 5.41) is 32.7. The third-order valence-corrected chi connectivity index (χ3v) is 16.6. The van der Waals surface area contributed by atoms with Crippen molar-refractivity contribution in [2.45, 2.75) is 160 Å². The third-order valence-electron chi connectivity index (χ3n) is 16.6. The fourth-order valence-corrected chi connectivity index (χ4v) is 13.4. The summed E-state index contributed by atoms with van der Waals surface area (Å²) in [4.78, 5) is 25.8. The first-order chi connectivity index (χ1) is 29.1. The minimum atomic E-state index is -1.58. The molecule has 6 unspecified atom stereocenters. The molecule has 4 heterocycles. The quantitative estimate of drug-likeness (QED) is 0.233. The predicted octanol–water partition coefficient (Wildman–Crippen LogP) is 5.08. The topological polar surface area (TPSA) is 178 Å². The van der Waals surface area contributed by atoms with E-state index in [-0.39, 0.29) is 41.8 Å². The fraction of sp³-hybridized carbons (Fsp3) is 0.787. The smallest absolute Gasteiger partial charge is 0.338 e. The number of fused-ring (bicyclic) bond motifs is 7. The highest BCUT2D eigenvalue weighted by Gasteiger charge is 2.69. The first kappa shape index (κ1) is 43.6. The lowest BCUT2D eigenvalue weighted by Crippen LogP contribution is -2.62. The van der Waals surface area contributed by atoms with E-state index >= 15 is 0 Å². The first-order valence-electron chi connectivity index (χ1n) is 22.8. The van der Waals surface area contributed by atoms with Gasteiger partial charge in [0, 0.05) is 19.3 Å². The average Bonchev–Trinajstić information content (AvgIpc) is 3.69. The monoisotopic (exact) mass is 854 g/mol. The van der Waals surface area contributed by atoms with E-state index in [0.717, 1.165) is 45.1 Å². The van der Waals surface area contributed by atoms with Gasteiger partial charge in [-0.2, -0.15) is 0 Å². The van der Waals surface area contributed by atoms with Crippen LogP contribution in [0, 0.1) is 46.3 Å². The van der Waals surface area contributed by atoms with Crippen LogP contribution >= 0.6 is 0 Å². The van der Waals surface area contributed by atoms with Gasteiger partial charge in [0.05, 0.1) is 44.7 Å². The minimum absolute atomic E-state index is 0.0463. The Morgan fingerprint density at radius 1 is 0.820 bits per heavy atom. The molecule has 4 aliphatic carbocycles. The standard InChI is InChI=1S/C47H66O14/c1-24-13-18-47(56-21-24)25(2)37-36(61-47)20-33-31-12-9-28-19-30(14-16-45(28,4)32(31)15-17-46(33,37)5)58-44-41(57-26(3)48)39(35(50)23-55-44)60-43-40(38(51)34(49)22-54-43)59-42(52)27-7-10-29(53-6)11-8-27/h7-11,24-25,30-41,43-44,49-51H,12-23H2,1-6H3/t24-,25+,30+,31?,32?,33?,34-,35+,36?,37?,38+,39+,40-,41-,43+,44+,45+,46+,47?/m1/s1. The Morgan fingerprint density at radius 2 is 1.56 bits per heavy atom.